The molecule has 0 fully saturated rings. The van der Waals surface area contributed by atoms with E-state index in [1.165, 1.54) is 7.05 Å². The molecule has 1 aliphatic carbocycles. The molecular weight excluding hydrogens is 341 g/mol. The van der Waals surface area contributed by atoms with Crippen molar-refractivity contribution in [3.8, 4) is 0 Å². The summed E-state index contributed by atoms with van der Waals surface area (Å²) in [4.78, 5) is 24.5. The van der Waals surface area contributed by atoms with Gasteiger partial charge in [-0.25, -0.2) is 8.42 Å². The third kappa shape index (κ3) is 3.70. The maximum Gasteiger partial charge on any atom is 0.223 e. The highest BCUT2D eigenvalue weighted by Gasteiger charge is 2.34. The zero-order valence-electron chi connectivity index (χ0n) is 9.44. The Morgan fingerprint density at radius 1 is 1.05 bits per heavy atom. The van der Waals surface area contributed by atoms with Crippen LogP contribution in [0.4, 0.5) is 0 Å². The summed E-state index contributed by atoms with van der Waals surface area (Å²) >= 11 is 16.8. The molecule has 106 valence electrons. The predicted molar refractivity (Wildman–Crippen MR) is 68.8 cm³/mol. The molecule has 0 aromatic carbocycles. The fourth-order valence-corrected chi connectivity index (χ4v) is 2.53. The monoisotopic (exact) mass is 346 g/mol. The third-order valence-electron chi connectivity index (χ3n) is 2.27. The first-order valence-corrected chi connectivity index (χ1v) is 7.46. The Balaban J connectivity index is 3.06. The van der Waals surface area contributed by atoms with Crippen LogP contribution < -0.4 is 0 Å². The molecule has 0 bridgehead atoms. The van der Waals surface area contributed by atoms with Crippen LogP contribution in [-0.2, 0) is 19.7 Å². The molecule has 6 nitrogen and oxygen atoms in total. The van der Waals surface area contributed by atoms with Gasteiger partial charge in [0, 0.05) is 13.6 Å². The summed E-state index contributed by atoms with van der Waals surface area (Å²) in [5.74, 6) is -2.38. The van der Waals surface area contributed by atoms with Crippen molar-refractivity contribution in [1.29, 1.82) is 0 Å². The summed E-state index contributed by atoms with van der Waals surface area (Å²) in [6.07, 6.45) is 0. The van der Waals surface area contributed by atoms with Gasteiger partial charge in [-0.3, -0.25) is 9.59 Å². The lowest BCUT2D eigenvalue weighted by atomic mass is 10.1. The summed E-state index contributed by atoms with van der Waals surface area (Å²) in [6.45, 7) is -0.307. The Hall–Kier alpha value is -0.600. The number of halogens is 3. The molecule has 0 N–H and O–H groups in total. The average molecular weight is 348 g/mol. The largest absolute Gasteiger partial charge is 0.748 e. The molecule has 0 amide bonds. The third-order valence-corrected chi connectivity index (χ3v) is 4.12. The van der Waals surface area contributed by atoms with Crippen molar-refractivity contribution in [2.45, 2.75) is 0 Å². The lowest BCUT2D eigenvalue weighted by molar-refractivity contribution is -0.116. The number of carbonyl (C=O) groups excluding carboxylic acids is 2. The van der Waals surface area contributed by atoms with Gasteiger partial charge in [0.2, 0.25) is 11.6 Å². The van der Waals surface area contributed by atoms with Crippen LogP contribution in [0, 0.1) is 0 Å². The Morgan fingerprint density at radius 3 is 2.00 bits per heavy atom. The second kappa shape index (κ2) is 5.80. The van der Waals surface area contributed by atoms with Crippen LogP contribution in [0.5, 0.6) is 0 Å². The smallest absolute Gasteiger partial charge is 0.223 e. The van der Waals surface area contributed by atoms with Gasteiger partial charge in [-0.05, 0) is 0 Å². The summed E-state index contributed by atoms with van der Waals surface area (Å²) in [6, 6.07) is 0. The van der Waals surface area contributed by atoms with E-state index >= 15 is 0 Å². The van der Waals surface area contributed by atoms with E-state index in [4.69, 9.17) is 34.8 Å². The molecule has 0 unspecified atom stereocenters. The maximum absolute atomic E-state index is 11.8. The Labute approximate surface area is 124 Å². The van der Waals surface area contributed by atoms with Crippen molar-refractivity contribution in [2.75, 3.05) is 19.3 Å². The van der Waals surface area contributed by atoms with Crippen molar-refractivity contribution >= 4 is 56.5 Å². The van der Waals surface area contributed by atoms with Gasteiger partial charge in [0.05, 0.1) is 15.9 Å². The highest BCUT2D eigenvalue weighted by atomic mass is 35.5. The fourth-order valence-electron chi connectivity index (χ4n) is 1.31. The van der Waals surface area contributed by atoms with Gasteiger partial charge >= 0.3 is 0 Å². The average Bonchev–Trinajstić information content (AvgIpc) is 2.31. The van der Waals surface area contributed by atoms with E-state index in [1.807, 2.05) is 0 Å². The van der Waals surface area contributed by atoms with E-state index in [-0.39, 0.29) is 12.2 Å². The quantitative estimate of drug-likeness (QED) is 0.550. The van der Waals surface area contributed by atoms with E-state index in [2.05, 4.69) is 0 Å². The van der Waals surface area contributed by atoms with Crippen molar-refractivity contribution in [3.63, 3.8) is 0 Å². The topological polar surface area (TPSA) is 94.6 Å². The van der Waals surface area contributed by atoms with Gasteiger partial charge < -0.3 is 9.45 Å². The number of likely N-dealkylation sites (N-methyl/N-ethyl adjacent to an activating group) is 1. The van der Waals surface area contributed by atoms with Crippen molar-refractivity contribution in [2.24, 2.45) is 0 Å². The first kappa shape index (κ1) is 16.5. The summed E-state index contributed by atoms with van der Waals surface area (Å²) in [7, 11) is -3.15. The van der Waals surface area contributed by atoms with Crippen LogP contribution in [0.1, 0.15) is 0 Å². The highest BCUT2D eigenvalue weighted by Crippen LogP contribution is 2.32. The summed E-state index contributed by atoms with van der Waals surface area (Å²) < 4.78 is 31.6. The van der Waals surface area contributed by atoms with Crippen LogP contribution in [-0.4, -0.2) is 48.8 Å². The first-order chi connectivity index (χ1) is 8.56. The second-order valence-electron chi connectivity index (χ2n) is 3.63. The Morgan fingerprint density at radius 2 is 1.53 bits per heavy atom. The molecule has 1 rings (SSSR count). The number of allylic oxidation sites excluding steroid dienone is 3. The van der Waals surface area contributed by atoms with Crippen molar-refractivity contribution in [1.82, 2.24) is 4.90 Å². The molecule has 0 atom stereocenters. The van der Waals surface area contributed by atoms with Gasteiger partial charge in [-0.1, -0.05) is 34.8 Å². The molecule has 0 aromatic rings. The van der Waals surface area contributed by atoms with Crippen LogP contribution in [0.2, 0.25) is 0 Å². The normalized spacial score (nSPS) is 17.3. The van der Waals surface area contributed by atoms with E-state index < -0.39 is 42.5 Å². The van der Waals surface area contributed by atoms with E-state index in [1.54, 1.807) is 0 Å². The molecule has 0 saturated carbocycles. The van der Waals surface area contributed by atoms with E-state index in [0.717, 1.165) is 4.90 Å². The molecule has 19 heavy (non-hydrogen) atoms. The predicted octanol–water partition coefficient (Wildman–Crippen LogP) is 0.755. The number of hydrogen-bond acceptors (Lipinski definition) is 6. The zero-order valence-corrected chi connectivity index (χ0v) is 12.5. The maximum atomic E-state index is 11.8. The lowest BCUT2D eigenvalue weighted by Gasteiger charge is -2.25. The van der Waals surface area contributed by atoms with Crippen molar-refractivity contribution < 1.29 is 22.6 Å². The highest BCUT2D eigenvalue weighted by molar-refractivity contribution is 7.85. The van der Waals surface area contributed by atoms with Gasteiger partial charge in [0.25, 0.3) is 0 Å². The molecule has 0 saturated heterocycles. The number of rotatable bonds is 4. The molecule has 0 spiro atoms. The lowest BCUT2D eigenvalue weighted by Crippen LogP contribution is -2.33. The number of ketones is 2. The van der Waals surface area contributed by atoms with Crippen LogP contribution >= 0.6 is 34.8 Å². The SMILES string of the molecule is CN(CCS(=O)(=O)[O-])C1=C(Cl)C(=O)C(Cl)=C(Cl)C1=O. The molecular formula is C9H7Cl3NO5S-. The van der Waals surface area contributed by atoms with Gasteiger partial charge in [0.15, 0.2) is 0 Å². The molecule has 0 heterocycles. The molecule has 0 aliphatic heterocycles. The summed E-state index contributed by atoms with van der Waals surface area (Å²) in [5, 5.41) is -1.46. The number of Topliss-reactive ketones (excluding diaryl/α,β-unsaturated/α-hetero) is 2. The van der Waals surface area contributed by atoms with Crippen molar-refractivity contribution in [3.05, 3.63) is 20.8 Å². The Bertz CT molecular complexity index is 607. The van der Waals surface area contributed by atoms with Gasteiger partial charge in [0.1, 0.15) is 20.8 Å². The Kier molecular flexibility index (Phi) is 5.02. The molecule has 1 aliphatic rings. The number of hydrogen-bond donors (Lipinski definition) is 0. The van der Waals surface area contributed by atoms with Crippen LogP contribution in [0.25, 0.3) is 0 Å². The van der Waals surface area contributed by atoms with Crippen LogP contribution in [0.3, 0.4) is 0 Å². The van der Waals surface area contributed by atoms with E-state index in [0.29, 0.717) is 0 Å². The van der Waals surface area contributed by atoms with Crippen LogP contribution in [0.15, 0.2) is 20.8 Å². The molecule has 10 heteroatoms. The molecule has 0 aromatic heterocycles. The molecule has 0 radical (unpaired) electrons. The fraction of sp³-hybridized carbons (Fsp3) is 0.333. The number of carbonyl (C=O) groups is 2. The standard InChI is InChI=1S/C9H8Cl3NO5S/c1-13(2-3-19(16,17)18)7-6(12)8(14)4(10)5(11)9(7)15/h2-3H2,1H3,(H,16,17,18)/p-1. The number of nitrogens with zero attached hydrogens (tertiary/aromatic N) is 1. The second-order valence-corrected chi connectivity index (χ2v) is 6.29. The summed E-state index contributed by atoms with van der Waals surface area (Å²) in [5.41, 5.74) is -0.287. The minimum Gasteiger partial charge on any atom is -0.748 e. The van der Waals surface area contributed by atoms with Gasteiger partial charge in [-0.2, -0.15) is 0 Å². The first-order valence-electron chi connectivity index (χ1n) is 4.75. The minimum atomic E-state index is -4.46. The van der Waals surface area contributed by atoms with E-state index in [9.17, 15) is 22.6 Å². The minimum absolute atomic E-state index is 0.287. The van der Waals surface area contributed by atoms with Gasteiger partial charge in [-0.15, -0.1) is 0 Å². The zero-order chi connectivity index (χ0) is 15.0.